The summed E-state index contributed by atoms with van der Waals surface area (Å²) >= 11 is 6.29. The highest BCUT2D eigenvalue weighted by molar-refractivity contribution is 6.33. The number of aliphatic imine (C=N–C) groups is 1. The van der Waals surface area contributed by atoms with Crippen LogP contribution in [-0.4, -0.2) is 37.4 Å². The van der Waals surface area contributed by atoms with Crippen LogP contribution in [-0.2, 0) is 19.1 Å². The molecule has 6 nitrogen and oxygen atoms in total. The highest BCUT2D eigenvalue weighted by Gasteiger charge is 2.50. The normalized spacial score (nSPS) is 22.2. The first-order valence-electron chi connectivity index (χ1n) is 6.57. The first-order valence-corrected chi connectivity index (χ1v) is 6.95. The lowest BCUT2D eigenvalue weighted by molar-refractivity contribution is -0.148. The molecule has 7 heteroatoms. The molecule has 2 heterocycles. The number of nitrogens with zero attached hydrogens (tertiary/aromatic N) is 2. The lowest BCUT2D eigenvalue weighted by Crippen LogP contribution is -2.32. The summed E-state index contributed by atoms with van der Waals surface area (Å²) < 4.78 is 9.62. The fraction of sp³-hybridized carbons (Fsp3) is 0.267. The minimum absolute atomic E-state index is 0.0872. The highest BCUT2D eigenvalue weighted by atomic mass is 35.5. The largest absolute Gasteiger partial charge is 0.468 e. The van der Waals surface area contributed by atoms with Crippen LogP contribution >= 0.6 is 11.6 Å². The topological polar surface area (TPSA) is 68.2 Å². The zero-order valence-corrected chi connectivity index (χ0v) is 12.7. The number of para-hydroxylation sites is 1. The fourth-order valence-electron chi connectivity index (χ4n) is 2.83. The van der Waals surface area contributed by atoms with E-state index in [0.29, 0.717) is 0 Å². The van der Waals surface area contributed by atoms with E-state index in [-0.39, 0.29) is 10.7 Å². The SMILES string of the molecule is COC(=O)C1=C(Cl)N2C=Nc3ccccc3[C@H]2[C@H]1C(=O)OC. The first kappa shape index (κ1) is 14.6. The van der Waals surface area contributed by atoms with Gasteiger partial charge in [0.2, 0.25) is 0 Å². The van der Waals surface area contributed by atoms with Crippen molar-refractivity contribution >= 4 is 35.6 Å². The first-order chi connectivity index (χ1) is 10.6. The van der Waals surface area contributed by atoms with Gasteiger partial charge in [-0.25, -0.2) is 9.79 Å². The number of hydrogen-bond donors (Lipinski definition) is 0. The fourth-order valence-corrected chi connectivity index (χ4v) is 3.18. The van der Waals surface area contributed by atoms with Crippen LogP contribution in [0.25, 0.3) is 0 Å². The summed E-state index contributed by atoms with van der Waals surface area (Å²) in [6.45, 7) is 0. The second-order valence-electron chi connectivity index (χ2n) is 4.85. The van der Waals surface area contributed by atoms with E-state index in [2.05, 4.69) is 4.99 Å². The number of halogens is 1. The third kappa shape index (κ3) is 1.99. The Hall–Kier alpha value is -2.34. The molecule has 22 heavy (non-hydrogen) atoms. The molecule has 0 aliphatic carbocycles. The van der Waals surface area contributed by atoms with E-state index in [1.54, 1.807) is 4.90 Å². The molecule has 2 aliphatic rings. The van der Waals surface area contributed by atoms with Gasteiger partial charge in [0, 0.05) is 5.56 Å². The molecular formula is C15H13ClN2O4. The van der Waals surface area contributed by atoms with Gasteiger partial charge in [-0.2, -0.15) is 0 Å². The van der Waals surface area contributed by atoms with Gasteiger partial charge < -0.3 is 14.4 Å². The summed E-state index contributed by atoms with van der Waals surface area (Å²) in [6, 6.07) is 6.91. The molecular weight excluding hydrogens is 308 g/mol. The molecule has 0 amide bonds. The zero-order chi connectivity index (χ0) is 15.9. The van der Waals surface area contributed by atoms with E-state index in [9.17, 15) is 9.59 Å². The van der Waals surface area contributed by atoms with E-state index in [0.717, 1.165) is 11.3 Å². The number of methoxy groups -OCH3 is 2. The lowest BCUT2D eigenvalue weighted by atomic mass is 9.88. The summed E-state index contributed by atoms with van der Waals surface area (Å²) in [7, 11) is 2.52. The van der Waals surface area contributed by atoms with Crippen LogP contribution < -0.4 is 0 Å². The van der Waals surface area contributed by atoms with Crippen LogP contribution in [0.4, 0.5) is 5.69 Å². The molecule has 1 aromatic rings. The molecule has 114 valence electrons. The Kier molecular flexibility index (Phi) is 3.62. The van der Waals surface area contributed by atoms with Gasteiger partial charge in [-0.05, 0) is 6.07 Å². The molecule has 0 fully saturated rings. The summed E-state index contributed by atoms with van der Waals surface area (Å²) in [5.41, 5.74) is 1.62. The number of carbonyl (C=O) groups is 2. The lowest BCUT2D eigenvalue weighted by Gasteiger charge is -2.30. The molecule has 0 spiro atoms. The monoisotopic (exact) mass is 320 g/mol. The van der Waals surface area contributed by atoms with Gasteiger partial charge in [-0.15, -0.1) is 0 Å². The van der Waals surface area contributed by atoms with Crippen LogP contribution in [0.15, 0.2) is 40.0 Å². The number of hydrogen-bond acceptors (Lipinski definition) is 6. The Morgan fingerprint density at radius 1 is 1.23 bits per heavy atom. The predicted molar refractivity (Wildman–Crippen MR) is 79.6 cm³/mol. The Morgan fingerprint density at radius 2 is 1.95 bits per heavy atom. The van der Waals surface area contributed by atoms with Gasteiger partial charge in [-0.3, -0.25) is 4.79 Å². The van der Waals surface area contributed by atoms with Gasteiger partial charge in [0.1, 0.15) is 11.1 Å². The zero-order valence-electron chi connectivity index (χ0n) is 11.9. The van der Waals surface area contributed by atoms with Gasteiger partial charge >= 0.3 is 11.9 Å². The molecule has 1 aromatic carbocycles. The molecule has 0 saturated carbocycles. The van der Waals surface area contributed by atoms with Crippen molar-refractivity contribution < 1.29 is 19.1 Å². The number of benzene rings is 1. The van der Waals surface area contributed by atoms with Crippen molar-refractivity contribution in [2.45, 2.75) is 6.04 Å². The number of carbonyl (C=O) groups excluding carboxylic acids is 2. The third-order valence-corrected chi connectivity index (χ3v) is 4.21. The van der Waals surface area contributed by atoms with Crippen molar-refractivity contribution in [3.63, 3.8) is 0 Å². The summed E-state index contributed by atoms with van der Waals surface area (Å²) in [6.07, 6.45) is 1.52. The number of ether oxygens (including phenoxy) is 2. The van der Waals surface area contributed by atoms with Crippen LogP contribution in [0, 0.1) is 5.92 Å². The van der Waals surface area contributed by atoms with Crippen molar-refractivity contribution in [2.75, 3.05) is 14.2 Å². The molecule has 0 aromatic heterocycles. The van der Waals surface area contributed by atoms with Gasteiger partial charge in [0.05, 0.1) is 37.9 Å². The maximum atomic E-state index is 12.3. The molecule has 0 N–H and O–H groups in total. The molecule has 0 unspecified atom stereocenters. The van der Waals surface area contributed by atoms with Crippen LogP contribution in [0.5, 0.6) is 0 Å². The molecule has 0 radical (unpaired) electrons. The predicted octanol–water partition coefficient (Wildman–Crippen LogP) is 2.13. The average Bonchev–Trinajstić information content (AvgIpc) is 2.86. The van der Waals surface area contributed by atoms with E-state index in [1.165, 1.54) is 20.6 Å². The number of esters is 2. The summed E-state index contributed by atoms with van der Waals surface area (Å²) in [5.74, 6) is -2.06. The molecule has 3 rings (SSSR count). The smallest absolute Gasteiger partial charge is 0.337 e. The van der Waals surface area contributed by atoms with Crippen LogP contribution in [0.2, 0.25) is 0 Å². The molecule has 2 aliphatic heterocycles. The van der Waals surface area contributed by atoms with Crippen molar-refractivity contribution in [3.05, 3.63) is 40.6 Å². The van der Waals surface area contributed by atoms with Gasteiger partial charge in [0.25, 0.3) is 0 Å². The van der Waals surface area contributed by atoms with E-state index >= 15 is 0 Å². The van der Waals surface area contributed by atoms with Crippen LogP contribution in [0.1, 0.15) is 11.6 Å². The average molecular weight is 321 g/mol. The van der Waals surface area contributed by atoms with Gasteiger partial charge in [0.15, 0.2) is 0 Å². The second kappa shape index (κ2) is 5.46. The van der Waals surface area contributed by atoms with Crippen molar-refractivity contribution in [1.82, 2.24) is 4.90 Å². The van der Waals surface area contributed by atoms with E-state index in [1.807, 2.05) is 24.3 Å². The Balaban J connectivity index is 2.17. The van der Waals surface area contributed by atoms with Crippen molar-refractivity contribution in [2.24, 2.45) is 10.9 Å². The van der Waals surface area contributed by atoms with E-state index < -0.39 is 23.9 Å². The maximum absolute atomic E-state index is 12.3. The quantitative estimate of drug-likeness (QED) is 0.617. The van der Waals surface area contributed by atoms with Crippen molar-refractivity contribution in [1.29, 1.82) is 0 Å². The van der Waals surface area contributed by atoms with Crippen molar-refractivity contribution in [3.8, 4) is 0 Å². The molecule has 2 atom stereocenters. The molecule has 0 bridgehead atoms. The minimum Gasteiger partial charge on any atom is -0.468 e. The Labute approximate surface area is 132 Å². The maximum Gasteiger partial charge on any atom is 0.337 e. The molecule has 0 saturated heterocycles. The number of rotatable bonds is 2. The summed E-state index contributed by atoms with van der Waals surface area (Å²) in [5, 5.41) is 0.130. The Bertz CT molecular complexity index is 713. The van der Waals surface area contributed by atoms with Crippen LogP contribution in [0.3, 0.4) is 0 Å². The standard InChI is InChI=1S/C15H13ClN2O4/c1-21-14(19)10-11(15(20)22-2)13(16)18-7-17-9-6-4-3-5-8(9)12(10)18/h3-7,10,12H,1-2H3/t10-,12-/m0/s1. The second-order valence-corrected chi connectivity index (χ2v) is 5.21. The van der Waals surface area contributed by atoms with Gasteiger partial charge in [-0.1, -0.05) is 29.8 Å². The Morgan fingerprint density at radius 3 is 2.64 bits per heavy atom. The third-order valence-electron chi connectivity index (χ3n) is 3.81. The summed E-state index contributed by atoms with van der Waals surface area (Å²) in [4.78, 5) is 30.2. The minimum atomic E-state index is -0.863. The van der Waals surface area contributed by atoms with E-state index in [4.69, 9.17) is 21.1 Å². The highest BCUT2D eigenvalue weighted by Crippen LogP contribution is 2.49. The number of fused-ring (bicyclic) bond motifs is 3.